The van der Waals surface area contributed by atoms with Crippen LogP contribution < -0.4 is 10.1 Å². The summed E-state index contributed by atoms with van der Waals surface area (Å²) in [6.45, 7) is 4.41. The molecular formula is C20H23NO2. The number of amides is 1. The fourth-order valence-electron chi connectivity index (χ4n) is 2.27. The maximum absolute atomic E-state index is 11.9. The summed E-state index contributed by atoms with van der Waals surface area (Å²) in [7, 11) is 1.61. The Morgan fingerprint density at radius 2 is 1.74 bits per heavy atom. The monoisotopic (exact) mass is 309 g/mol. The summed E-state index contributed by atoms with van der Waals surface area (Å²) in [6.07, 6.45) is 4.43. The lowest BCUT2D eigenvalue weighted by molar-refractivity contribution is -0.111. The Morgan fingerprint density at radius 3 is 2.30 bits per heavy atom. The van der Waals surface area contributed by atoms with Gasteiger partial charge in [0.2, 0.25) is 5.91 Å². The van der Waals surface area contributed by atoms with E-state index in [1.54, 1.807) is 13.2 Å². The number of carbonyl (C=O) groups is 1. The van der Waals surface area contributed by atoms with Crippen molar-refractivity contribution in [1.82, 2.24) is 0 Å². The number of nitrogens with one attached hydrogen (secondary N) is 1. The third-order valence-corrected chi connectivity index (χ3v) is 3.41. The Kier molecular flexibility index (Phi) is 5.98. The minimum atomic E-state index is -0.151. The number of anilines is 1. The molecule has 0 aliphatic carbocycles. The molecule has 0 spiro atoms. The van der Waals surface area contributed by atoms with Crippen molar-refractivity contribution in [3.8, 4) is 5.75 Å². The van der Waals surface area contributed by atoms with Crippen LogP contribution in [0.15, 0.2) is 54.6 Å². The van der Waals surface area contributed by atoms with Gasteiger partial charge in [0.05, 0.1) is 7.11 Å². The zero-order chi connectivity index (χ0) is 16.7. The van der Waals surface area contributed by atoms with Crippen LogP contribution in [-0.4, -0.2) is 13.0 Å². The standard InChI is InChI=1S/C20H23NO2/c1-15(2)14-17-6-4-16(5-7-17)8-13-20(22)21-18-9-11-19(23-3)12-10-18/h4-13,15H,14H2,1-3H3,(H,21,22)/b13-8+. The van der Waals surface area contributed by atoms with Gasteiger partial charge in [0.15, 0.2) is 0 Å². The molecule has 0 saturated carbocycles. The van der Waals surface area contributed by atoms with Crippen LogP contribution in [0.3, 0.4) is 0 Å². The summed E-state index contributed by atoms with van der Waals surface area (Å²) < 4.78 is 5.09. The molecule has 3 heteroatoms. The minimum Gasteiger partial charge on any atom is -0.497 e. The number of benzene rings is 2. The third-order valence-electron chi connectivity index (χ3n) is 3.41. The summed E-state index contributed by atoms with van der Waals surface area (Å²) in [5, 5.41) is 2.82. The summed E-state index contributed by atoms with van der Waals surface area (Å²) in [6, 6.07) is 15.5. The highest BCUT2D eigenvalue weighted by atomic mass is 16.5. The Morgan fingerprint density at radius 1 is 1.09 bits per heavy atom. The molecule has 2 aromatic rings. The molecule has 0 heterocycles. The molecule has 0 saturated heterocycles. The van der Waals surface area contributed by atoms with Gasteiger partial charge in [-0.25, -0.2) is 0 Å². The van der Waals surface area contributed by atoms with Gasteiger partial charge >= 0.3 is 0 Å². The van der Waals surface area contributed by atoms with Gasteiger partial charge in [0.25, 0.3) is 0 Å². The number of ether oxygens (including phenoxy) is 1. The van der Waals surface area contributed by atoms with Crippen LogP contribution in [0.2, 0.25) is 0 Å². The maximum Gasteiger partial charge on any atom is 0.248 e. The van der Waals surface area contributed by atoms with E-state index in [1.165, 1.54) is 5.56 Å². The Bertz CT molecular complexity index is 655. The van der Waals surface area contributed by atoms with Crippen molar-refractivity contribution >= 4 is 17.7 Å². The van der Waals surface area contributed by atoms with Crippen molar-refractivity contribution in [2.24, 2.45) is 5.92 Å². The molecule has 0 aromatic heterocycles. The highest BCUT2D eigenvalue weighted by molar-refractivity contribution is 6.01. The predicted octanol–water partition coefficient (Wildman–Crippen LogP) is 4.55. The molecule has 2 aromatic carbocycles. The van der Waals surface area contributed by atoms with Crippen molar-refractivity contribution < 1.29 is 9.53 Å². The lowest BCUT2D eigenvalue weighted by Gasteiger charge is -2.05. The van der Waals surface area contributed by atoms with Gasteiger partial charge in [-0.2, -0.15) is 0 Å². The second kappa shape index (κ2) is 8.18. The summed E-state index contributed by atoms with van der Waals surface area (Å²) in [5.74, 6) is 1.26. The van der Waals surface area contributed by atoms with Crippen LogP contribution in [-0.2, 0) is 11.2 Å². The number of rotatable bonds is 6. The van der Waals surface area contributed by atoms with E-state index in [1.807, 2.05) is 42.5 Å². The van der Waals surface area contributed by atoms with Crippen molar-refractivity contribution in [2.45, 2.75) is 20.3 Å². The van der Waals surface area contributed by atoms with Gasteiger partial charge in [0, 0.05) is 11.8 Å². The SMILES string of the molecule is COc1ccc(NC(=O)/C=C/c2ccc(CC(C)C)cc2)cc1. The van der Waals surface area contributed by atoms with Crippen molar-refractivity contribution in [1.29, 1.82) is 0 Å². The van der Waals surface area contributed by atoms with Crippen molar-refractivity contribution in [3.63, 3.8) is 0 Å². The van der Waals surface area contributed by atoms with E-state index >= 15 is 0 Å². The first-order valence-corrected chi connectivity index (χ1v) is 7.79. The third kappa shape index (κ3) is 5.62. The fraction of sp³-hybridized carbons (Fsp3) is 0.250. The molecule has 1 amide bonds. The number of carbonyl (C=O) groups excluding carboxylic acids is 1. The molecule has 2 rings (SSSR count). The molecular weight excluding hydrogens is 286 g/mol. The van der Waals surface area contributed by atoms with E-state index in [0.717, 1.165) is 23.4 Å². The molecule has 23 heavy (non-hydrogen) atoms. The molecule has 0 atom stereocenters. The average molecular weight is 309 g/mol. The van der Waals surface area contributed by atoms with Crippen LogP contribution in [0.4, 0.5) is 5.69 Å². The van der Waals surface area contributed by atoms with Crippen LogP contribution in [0.5, 0.6) is 5.75 Å². The Hall–Kier alpha value is -2.55. The van der Waals surface area contributed by atoms with E-state index in [-0.39, 0.29) is 5.91 Å². The van der Waals surface area contributed by atoms with Gasteiger partial charge < -0.3 is 10.1 Å². The van der Waals surface area contributed by atoms with Crippen LogP contribution >= 0.6 is 0 Å². The van der Waals surface area contributed by atoms with Crippen LogP contribution in [0.25, 0.3) is 6.08 Å². The number of hydrogen-bond acceptors (Lipinski definition) is 2. The first-order valence-electron chi connectivity index (χ1n) is 7.79. The average Bonchev–Trinajstić information content (AvgIpc) is 2.54. The van der Waals surface area contributed by atoms with E-state index < -0.39 is 0 Å². The van der Waals surface area contributed by atoms with E-state index in [9.17, 15) is 4.79 Å². The minimum absolute atomic E-state index is 0.151. The zero-order valence-corrected chi connectivity index (χ0v) is 13.9. The largest absolute Gasteiger partial charge is 0.497 e. The summed E-state index contributed by atoms with van der Waals surface area (Å²) in [5.41, 5.74) is 3.08. The van der Waals surface area contributed by atoms with E-state index in [4.69, 9.17) is 4.74 Å². The van der Waals surface area contributed by atoms with Crippen molar-refractivity contribution in [3.05, 3.63) is 65.7 Å². The molecule has 3 nitrogen and oxygen atoms in total. The van der Waals surface area contributed by atoms with Crippen molar-refractivity contribution in [2.75, 3.05) is 12.4 Å². The second-order valence-corrected chi connectivity index (χ2v) is 5.89. The molecule has 0 unspecified atom stereocenters. The molecule has 0 bridgehead atoms. The van der Waals surface area contributed by atoms with Gasteiger partial charge in [-0.05, 0) is 53.8 Å². The topological polar surface area (TPSA) is 38.3 Å². The van der Waals surface area contributed by atoms with E-state index in [0.29, 0.717) is 5.92 Å². The van der Waals surface area contributed by atoms with Gasteiger partial charge in [-0.15, -0.1) is 0 Å². The van der Waals surface area contributed by atoms with Crippen LogP contribution in [0.1, 0.15) is 25.0 Å². The lowest BCUT2D eigenvalue weighted by atomic mass is 10.0. The Balaban J connectivity index is 1.92. The number of hydrogen-bond donors (Lipinski definition) is 1. The summed E-state index contributed by atoms with van der Waals surface area (Å²) >= 11 is 0. The maximum atomic E-state index is 11.9. The van der Waals surface area contributed by atoms with Gasteiger partial charge in [-0.1, -0.05) is 38.1 Å². The zero-order valence-electron chi connectivity index (χ0n) is 13.9. The first-order chi connectivity index (χ1) is 11.1. The fourth-order valence-corrected chi connectivity index (χ4v) is 2.27. The molecule has 0 fully saturated rings. The predicted molar refractivity (Wildman–Crippen MR) is 95.6 cm³/mol. The lowest BCUT2D eigenvalue weighted by Crippen LogP contribution is -2.07. The quantitative estimate of drug-likeness (QED) is 0.795. The normalized spacial score (nSPS) is 11.0. The molecule has 0 radical (unpaired) electrons. The van der Waals surface area contributed by atoms with Gasteiger partial charge in [-0.3, -0.25) is 4.79 Å². The highest BCUT2D eigenvalue weighted by Crippen LogP contribution is 2.15. The molecule has 0 aliphatic rings. The summed E-state index contributed by atoms with van der Waals surface area (Å²) in [4.78, 5) is 11.9. The van der Waals surface area contributed by atoms with E-state index in [2.05, 4.69) is 31.3 Å². The first kappa shape index (κ1) is 16.8. The molecule has 120 valence electrons. The van der Waals surface area contributed by atoms with Crippen LogP contribution in [0, 0.1) is 5.92 Å². The smallest absolute Gasteiger partial charge is 0.248 e. The Labute approximate surface area is 138 Å². The second-order valence-electron chi connectivity index (χ2n) is 5.89. The van der Waals surface area contributed by atoms with Gasteiger partial charge in [0.1, 0.15) is 5.75 Å². The molecule has 1 N–H and O–H groups in total. The molecule has 0 aliphatic heterocycles. The highest BCUT2D eigenvalue weighted by Gasteiger charge is 2.00. The number of methoxy groups -OCH3 is 1.